The molecule has 0 radical (unpaired) electrons. The summed E-state index contributed by atoms with van der Waals surface area (Å²) in [5.74, 6) is 1.21. The van der Waals surface area contributed by atoms with E-state index in [-0.39, 0.29) is 5.41 Å². The molecule has 0 aromatic heterocycles. The molecule has 3 rings (SSSR count). The fraction of sp³-hybridized carbons (Fsp3) is 0.538. The Morgan fingerprint density at radius 1 is 0.833 bits per heavy atom. The Morgan fingerprint density at radius 2 is 1.33 bits per heavy atom. The highest BCUT2D eigenvalue weighted by molar-refractivity contribution is 6.88. The lowest BCUT2D eigenvalue weighted by Gasteiger charge is -2.37. The average Bonchev–Trinajstić information content (AvgIpc) is 2.96. The third-order valence-corrected chi connectivity index (χ3v) is 9.38. The van der Waals surface area contributed by atoms with Crippen LogP contribution in [0, 0.1) is 11.8 Å². The molecule has 0 fully saturated rings. The van der Waals surface area contributed by atoms with E-state index in [9.17, 15) is 10.0 Å². The predicted molar refractivity (Wildman–Crippen MR) is 134 cm³/mol. The Balaban J connectivity index is 2.33. The van der Waals surface area contributed by atoms with Crippen LogP contribution in [0.15, 0.2) is 36.4 Å². The van der Waals surface area contributed by atoms with E-state index in [0.29, 0.717) is 17.3 Å². The fourth-order valence-corrected chi connectivity index (χ4v) is 6.30. The zero-order valence-corrected chi connectivity index (χ0v) is 20.9. The van der Waals surface area contributed by atoms with Crippen molar-refractivity contribution in [3.63, 3.8) is 0 Å². The monoisotopic (exact) mass is 422 g/mol. The number of hydrogen-bond donors (Lipinski definition) is 2. The minimum Gasteiger partial charge on any atom is -0.423 e. The third-order valence-electron chi connectivity index (χ3n) is 7.34. The summed E-state index contributed by atoms with van der Waals surface area (Å²) in [5, 5.41) is 21.3. The molecule has 0 heterocycles. The van der Waals surface area contributed by atoms with Crippen LogP contribution in [0.25, 0.3) is 11.1 Å². The van der Waals surface area contributed by atoms with Gasteiger partial charge in [-0.15, -0.1) is 0 Å². The van der Waals surface area contributed by atoms with Gasteiger partial charge in [-0.05, 0) is 52.4 Å². The molecule has 0 spiro atoms. The standard InChI is InChI=1S/C26H39BO2Si/c1-8-18(3)16-26(17-19(4)9-2)24-14-20(27(28)29)10-12-22(24)23-13-11-21(15-25(23)26)30(5,6)7/h10-15,18-19,28-29H,8-9,16-17H2,1-7H3. The second-order valence-electron chi connectivity index (χ2n) is 10.7. The van der Waals surface area contributed by atoms with E-state index in [1.165, 1.54) is 27.4 Å². The van der Waals surface area contributed by atoms with Crippen molar-refractivity contribution in [2.45, 2.75) is 78.4 Å². The van der Waals surface area contributed by atoms with E-state index < -0.39 is 15.2 Å². The SMILES string of the molecule is CCC(C)CC1(CC(C)CC)c2cc(B(O)O)ccc2-c2ccc([Si](C)(C)C)cc21. The fourth-order valence-electron chi connectivity index (χ4n) is 5.14. The molecule has 2 unspecified atom stereocenters. The predicted octanol–water partition coefficient (Wildman–Crippen LogP) is 5.05. The van der Waals surface area contributed by atoms with Gasteiger partial charge in [0.25, 0.3) is 0 Å². The highest BCUT2D eigenvalue weighted by Crippen LogP contribution is 2.55. The minimum absolute atomic E-state index is 0.0594. The summed E-state index contributed by atoms with van der Waals surface area (Å²) in [6.07, 6.45) is 4.52. The van der Waals surface area contributed by atoms with Gasteiger partial charge in [-0.2, -0.15) is 0 Å². The van der Waals surface area contributed by atoms with E-state index in [4.69, 9.17) is 0 Å². The van der Waals surface area contributed by atoms with Crippen molar-refractivity contribution in [3.05, 3.63) is 47.5 Å². The summed E-state index contributed by atoms with van der Waals surface area (Å²) in [5.41, 5.74) is 5.94. The summed E-state index contributed by atoms with van der Waals surface area (Å²) in [7, 11) is -2.88. The molecule has 0 aliphatic heterocycles. The van der Waals surface area contributed by atoms with E-state index >= 15 is 0 Å². The van der Waals surface area contributed by atoms with Gasteiger partial charge in [0.05, 0.1) is 8.07 Å². The largest absolute Gasteiger partial charge is 0.488 e. The maximum Gasteiger partial charge on any atom is 0.488 e. The topological polar surface area (TPSA) is 40.5 Å². The molecule has 2 nitrogen and oxygen atoms in total. The molecular formula is C26H39BO2Si. The lowest BCUT2D eigenvalue weighted by Crippen LogP contribution is -2.39. The summed E-state index contributed by atoms with van der Waals surface area (Å²) >= 11 is 0. The second-order valence-corrected chi connectivity index (χ2v) is 15.8. The van der Waals surface area contributed by atoms with E-state index in [1.807, 2.05) is 6.07 Å². The van der Waals surface area contributed by atoms with E-state index in [0.717, 1.165) is 25.7 Å². The van der Waals surface area contributed by atoms with Gasteiger partial charge < -0.3 is 10.0 Å². The van der Waals surface area contributed by atoms with Crippen molar-refractivity contribution in [2.75, 3.05) is 0 Å². The molecule has 0 saturated heterocycles. The third kappa shape index (κ3) is 4.19. The zero-order valence-electron chi connectivity index (χ0n) is 19.9. The summed E-state index contributed by atoms with van der Waals surface area (Å²) in [6, 6.07) is 13.3. The molecule has 0 amide bonds. The summed E-state index contributed by atoms with van der Waals surface area (Å²) in [4.78, 5) is 0. The first-order chi connectivity index (χ1) is 14.0. The van der Waals surface area contributed by atoms with Gasteiger partial charge in [-0.1, -0.05) is 102 Å². The molecule has 0 saturated carbocycles. The van der Waals surface area contributed by atoms with Crippen LogP contribution in [-0.2, 0) is 5.41 Å². The van der Waals surface area contributed by atoms with Gasteiger partial charge in [0.2, 0.25) is 0 Å². The normalized spacial score (nSPS) is 19.9. The van der Waals surface area contributed by atoms with Crippen LogP contribution < -0.4 is 10.6 Å². The van der Waals surface area contributed by atoms with Crippen molar-refractivity contribution in [3.8, 4) is 11.1 Å². The van der Waals surface area contributed by atoms with Crippen LogP contribution in [-0.4, -0.2) is 25.2 Å². The van der Waals surface area contributed by atoms with Crippen molar-refractivity contribution in [2.24, 2.45) is 11.8 Å². The molecule has 2 aromatic rings. The smallest absolute Gasteiger partial charge is 0.423 e. The van der Waals surface area contributed by atoms with Gasteiger partial charge in [-0.25, -0.2) is 0 Å². The number of benzene rings is 2. The van der Waals surface area contributed by atoms with Crippen LogP contribution >= 0.6 is 0 Å². The molecule has 4 heteroatoms. The highest BCUT2D eigenvalue weighted by Gasteiger charge is 2.45. The Labute approximate surface area is 184 Å². The molecule has 162 valence electrons. The van der Waals surface area contributed by atoms with Gasteiger partial charge >= 0.3 is 7.12 Å². The van der Waals surface area contributed by atoms with Crippen LogP contribution in [0.1, 0.15) is 64.5 Å². The quantitative estimate of drug-likeness (QED) is 0.585. The summed E-state index contributed by atoms with van der Waals surface area (Å²) in [6.45, 7) is 16.5. The number of hydrogen-bond acceptors (Lipinski definition) is 2. The molecule has 2 N–H and O–H groups in total. The summed E-state index contributed by atoms with van der Waals surface area (Å²) < 4.78 is 0. The Hall–Kier alpha value is -1.36. The maximum absolute atomic E-state index is 9.91. The van der Waals surface area contributed by atoms with Gasteiger partial charge in [0, 0.05) is 5.41 Å². The highest BCUT2D eigenvalue weighted by atomic mass is 28.3. The zero-order chi connectivity index (χ0) is 22.3. The molecule has 1 aliphatic rings. The first-order valence-corrected chi connectivity index (χ1v) is 15.2. The van der Waals surface area contributed by atoms with Gasteiger partial charge in [0.15, 0.2) is 0 Å². The van der Waals surface area contributed by atoms with Gasteiger partial charge in [0.1, 0.15) is 0 Å². The van der Waals surface area contributed by atoms with Crippen LogP contribution in [0.5, 0.6) is 0 Å². The Bertz CT molecular complexity index is 888. The van der Waals surface area contributed by atoms with Crippen molar-refractivity contribution < 1.29 is 10.0 Å². The van der Waals surface area contributed by atoms with Crippen LogP contribution in [0.4, 0.5) is 0 Å². The van der Waals surface area contributed by atoms with Crippen LogP contribution in [0.2, 0.25) is 19.6 Å². The van der Waals surface area contributed by atoms with Gasteiger partial charge in [-0.3, -0.25) is 0 Å². The lowest BCUT2D eigenvalue weighted by atomic mass is 9.65. The minimum atomic E-state index is -1.45. The molecule has 30 heavy (non-hydrogen) atoms. The first kappa shape index (κ1) is 23.3. The van der Waals surface area contributed by atoms with E-state index in [2.05, 4.69) is 77.7 Å². The van der Waals surface area contributed by atoms with Crippen molar-refractivity contribution in [1.29, 1.82) is 0 Å². The number of rotatable bonds is 8. The number of fused-ring (bicyclic) bond motifs is 3. The molecular weight excluding hydrogens is 383 g/mol. The molecule has 2 atom stereocenters. The lowest BCUT2D eigenvalue weighted by molar-refractivity contribution is 0.308. The maximum atomic E-state index is 9.91. The second kappa shape index (κ2) is 8.64. The molecule has 0 bridgehead atoms. The van der Waals surface area contributed by atoms with E-state index in [1.54, 1.807) is 0 Å². The van der Waals surface area contributed by atoms with Crippen molar-refractivity contribution >= 4 is 25.8 Å². The Kier molecular flexibility index (Phi) is 6.72. The Morgan fingerprint density at radius 3 is 1.80 bits per heavy atom. The molecule has 1 aliphatic carbocycles. The van der Waals surface area contributed by atoms with Crippen LogP contribution in [0.3, 0.4) is 0 Å². The average molecular weight is 422 g/mol. The first-order valence-electron chi connectivity index (χ1n) is 11.7. The molecule has 2 aromatic carbocycles. The van der Waals surface area contributed by atoms with Crippen molar-refractivity contribution in [1.82, 2.24) is 0 Å².